The normalized spacial score (nSPS) is 15.1. The van der Waals surface area contributed by atoms with Gasteiger partial charge in [0.25, 0.3) is 5.24 Å². The second-order valence-corrected chi connectivity index (χ2v) is 10.3. The Hall–Kier alpha value is -3.45. The van der Waals surface area contributed by atoms with E-state index in [2.05, 4.69) is 44.3 Å². The SMILES string of the molecule is CCCc1cc(Oc2ccc(C(C)C)cc2)ccc1OCCCOc1cccc(C2SC(=O)NC2=O)c1. The molecule has 1 saturated heterocycles. The fourth-order valence-corrected chi connectivity index (χ4v) is 4.88. The van der Waals surface area contributed by atoms with Crippen LogP contribution in [0.15, 0.2) is 66.7 Å². The molecule has 4 rings (SSSR count). The predicted octanol–water partition coefficient (Wildman–Crippen LogP) is 7.43. The van der Waals surface area contributed by atoms with Crippen molar-refractivity contribution >= 4 is 22.9 Å². The first-order chi connectivity index (χ1) is 17.9. The second-order valence-electron chi connectivity index (χ2n) is 9.24. The summed E-state index contributed by atoms with van der Waals surface area (Å²) < 4.78 is 18.0. The molecule has 0 aromatic heterocycles. The maximum Gasteiger partial charge on any atom is 0.286 e. The van der Waals surface area contributed by atoms with Gasteiger partial charge in [-0.2, -0.15) is 0 Å². The number of thioether (sulfide) groups is 1. The molecule has 1 N–H and O–H groups in total. The van der Waals surface area contributed by atoms with Crippen LogP contribution in [0.1, 0.15) is 61.5 Å². The molecule has 37 heavy (non-hydrogen) atoms. The maximum absolute atomic E-state index is 11.9. The molecule has 1 fully saturated rings. The van der Waals surface area contributed by atoms with Gasteiger partial charge in [-0.05, 0) is 83.3 Å². The first-order valence-corrected chi connectivity index (χ1v) is 13.6. The van der Waals surface area contributed by atoms with Crippen LogP contribution in [0.4, 0.5) is 4.79 Å². The number of imide groups is 1. The van der Waals surface area contributed by atoms with E-state index in [0.29, 0.717) is 31.3 Å². The average molecular weight is 520 g/mol. The van der Waals surface area contributed by atoms with Crippen molar-refractivity contribution in [3.63, 3.8) is 0 Å². The van der Waals surface area contributed by atoms with Gasteiger partial charge in [0.05, 0.1) is 13.2 Å². The van der Waals surface area contributed by atoms with Crippen LogP contribution in [0.25, 0.3) is 0 Å². The van der Waals surface area contributed by atoms with Gasteiger partial charge in [0.2, 0.25) is 5.91 Å². The first-order valence-electron chi connectivity index (χ1n) is 12.7. The van der Waals surface area contributed by atoms with Gasteiger partial charge in [-0.1, -0.05) is 51.5 Å². The van der Waals surface area contributed by atoms with E-state index in [1.807, 2.05) is 48.5 Å². The Labute approximate surface area is 222 Å². The van der Waals surface area contributed by atoms with Crippen molar-refractivity contribution in [3.05, 3.63) is 83.4 Å². The monoisotopic (exact) mass is 519 g/mol. The molecule has 1 heterocycles. The Morgan fingerprint density at radius 2 is 1.65 bits per heavy atom. The number of carbonyl (C=O) groups is 2. The summed E-state index contributed by atoms with van der Waals surface area (Å²) in [6.45, 7) is 7.49. The highest BCUT2D eigenvalue weighted by molar-refractivity contribution is 8.15. The van der Waals surface area contributed by atoms with Crippen molar-refractivity contribution in [3.8, 4) is 23.0 Å². The number of aryl methyl sites for hydroxylation is 1. The number of amides is 2. The van der Waals surface area contributed by atoms with Crippen LogP contribution in [-0.2, 0) is 11.2 Å². The molecule has 0 spiro atoms. The molecule has 2 amide bonds. The molecule has 0 radical (unpaired) electrons. The van der Waals surface area contributed by atoms with Crippen LogP contribution in [0, 0.1) is 0 Å². The van der Waals surface area contributed by atoms with Crippen LogP contribution in [0.5, 0.6) is 23.0 Å². The molecule has 1 aliphatic heterocycles. The molecule has 0 bridgehead atoms. The number of hydrogen-bond donors (Lipinski definition) is 1. The second kappa shape index (κ2) is 12.7. The number of benzene rings is 3. The van der Waals surface area contributed by atoms with Crippen molar-refractivity contribution in [2.45, 2.75) is 51.2 Å². The van der Waals surface area contributed by atoms with E-state index in [0.717, 1.165) is 53.0 Å². The van der Waals surface area contributed by atoms with Crippen molar-refractivity contribution < 1.29 is 23.8 Å². The Kier molecular flexibility index (Phi) is 9.12. The molecule has 194 valence electrons. The fourth-order valence-electron chi connectivity index (χ4n) is 4.06. The molecule has 0 aliphatic carbocycles. The molecule has 3 aromatic carbocycles. The van der Waals surface area contributed by atoms with E-state index in [1.54, 1.807) is 0 Å². The largest absolute Gasteiger partial charge is 0.493 e. The summed E-state index contributed by atoms with van der Waals surface area (Å²) in [5.74, 6) is 3.35. The summed E-state index contributed by atoms with van der Waals surface area (Å²) in [7, 11) is 0. The minimum atomic E-state index is -0.525. The summed E-state index contributed by atoms with van der Waals surface area (Å²) in [5, 5.41) is 1.47. The van der Waals surface area contributed by atoms with Gasteiger partial charge in [0.1, 0.15) is 28.2 Å². The van der Waals surface area contributed by atoms with Crippen molar-refractivity contribution in [1.29, 1.82) is 0 Å². The molecule has 1 aliphatic rings. The minimum absolute atomic E-state index is 0.288. The summed E-state index contributed by atoms with van der Waals surface area (Å²) in [4.78, 5) is 23.4. The van der Waals surface area contributed by atoms with Gasteiger partial charge >= 0.3 is 0 Å². The number of hydrogen-bond acceptors (Lipinski definition) is 6. The highest BCUT2D eigenvalue weighted by Gasteiger charge is 2.33. The van der Waals surface area contributed by atoms with Crippen LogP contribution < -0.4 is 19.5 Å². The number of rotatable bonds is 12. The summed E-state index contributed by atoms with van der Waals surface area (Å²) in [6, 6.07) is 21.5. The van der Waals surface area contributed by atoms with E-state index in [-0.39, 0.29) is 11.1 Å². The summed E-state index contributed by atoms with van der Waals surface area (Å²) in [6.07, 6.45) is 2.61. The average Bonchev–Trinajstić information content (AvgIpc) is 3.23. The minimum Gasteiger partial charge on any atom is -0.493 e. The van der Waals surface area contributed by atoms with Crippen LogP contribution >= 0.6 is 11.8 Å². The van der Waals surface area contributed by atoms with E-state index >= 15 is 0 Å². The van der Waals surface area contributed by atoms with Gasteiger partial charge in [-0.3, -0.25) is 14.9 Å². The third-order valence-electron chi connectivity index (χ3n) is 6.00. The van der Waals surface area contributed by atoms with E-state index in [4.69, 9.17) is 14.2 Å². The quantitative estimate of drug-likeness (QED) is 0.251. The highest BCUT2D eigenvalue weighted by Crippen LogP contribution is 2.35. The molecule has 3 aromatic rings. The van der Waals surface area contributed by atoms with E-state index in [9.17, 15) is 9.59 Å². The lowest BCUT2D eigenvalue weighted by Crippen LogP contribution is -2.20. The predicted molar refractivity (Wildman–Crippen MR) is 147 cm³/mol. The van der Waals surface area contributed by atoms with E-state index < -0.39 is 5.25 Å². The zero-order valence-electron chi connectivity index (χ0n) is 21.5. The Morgan fingerprint density at radius 1 is 0.892 bits per heavy atom. The third-order valence-corrected chi connectivity index (χ3v) is 7.04. The molecule has 1 atom stereocenters. The molecular weight excluding hydrogens is 486 g/mol. The summed E-state index contributed by atoms with van der Waals surface area (Å²) in [5.41, 5.74) is 3.16. The third kappa shape index (κ3) is 7.29. The van der Waals surface area contributed by atoms with Crippen molar-refractivity contribution in [2.24, 2.45) is 0 Å². The van der Waals surface area contributed by atoms with Crippen LogP contribution in [-0.4, -0.2) is 24.4 Å². The van der Waals surface area contributed by atoms with Crippen LogP contribution in [0.3, 0.4) is 0 Å². The molecular formula is C30H33NO5S. The van der Waals surface area contributed by atoms with Crippen molar-refractivity contribution in [1.82, 2.24) is 5.32 Å². The fraction of sp³-hybridized carbons (Fsp3) is 0.333. The Morgan fingerprint density at radius 3 is 2.35 bits per heavy atom. The smallest absolute Gasteiger partial charge is 0.286 e. The molecule has 0 saturated carbocycles. The first kappa shape index (κ1) is 26.6. The van der Waals surface area contributed by atoms with Gasteiger partial charge < -0.3 is 14.2 Å². The topological polar surface area (TPSA) is 73.9 Å². The standard InChI is InChI=1S/C30H33NO5S/c1-4-7-22-18-26(36-24-12-10-21(11-13-24)20(2)3)14-15-27(22)35-17-6-16-34-25-9-5-8-23(19-25)28-29(32)31-30(33)37-28/h5,8-15,18-20,28H,4,6-7,16-17H2,1-3H3,(H,31,32,33). The lowest BCUT2D eigenvalue weighted by molar-refractivity contribution is -0.119. The lowest BCUT2D eigenvalue weighted by Gasteiger charge is -2.14. The van der Waals surface area contributed by atoms with E-state index in [1.165, 1.54) is 5.56 Å². The maximum atomic E-state index is 11.9. The summed E-state index contributed by atoms with van der Waals surface area (Å²) >= 11 is 0.989. The van der Waals surface area contributed by atoms with Crippen molar-refractivity contribution in [2.75, 3.05) is 13.2 Å². The number of ether oxygens (including phenoxy) is 3. The Bertz CT molecular complexity index is 1220. The lowest BCUT2D eigenvalue weighted by atomic mass is 10.0. The van der Waals surface area contributed by atoms with Gasteiger partial charge in [-0.25, -0.2) is 0 Å². The van der Waals surface area contributed by atoms with Crippen LogP contribution in [0.2, 0.25) is 0 Å². The number of carbonyl (C=O) groups excluding carboxylic acids is 2. The Balaban J connectivity index is 1.28. The highest BCUT2D eigenvalue weighted by atomic mass is 32.2. The van der Waals surface area contributed by atoms with Gasteiger partial charge in [-0.15, -0.1) is 0 Å². The van der Waals surface area contributed by atoms with Gasteiger partial charge in [0, 0.05) is 6.42 Å². The molecule has 7 heteroatoms. The van der Waals surface area contributed by atoms with Gasteiger partial charge in [0.15, 0.2) is 0 Å². The zero-order chi connectivity index (χ0) is 26.2. The number of nitrogens with one attached hydrogen (secondary N) is 1. The zero-order valence-corrected chi connectivity index (χ0v) is 22.3. The molecule has 1 unspecified atom stereocenters. The molecule has 6 nitrogen and oxygen atoms in total.